The lowest BCUT2D eigenvalue weighted by molar-refractivity contribution is -0.132. The molecule has 1 atom stereocenters. The van der Waals surface area contributed by atoms with E-state index >= 15 is 0 Å². The summed E-state index contributed by atoms with van der Waals surface area (Å²) in [6.07, 6.45) is 0. The number of nitrogens with zero attached hydrogens (tertiary/aromatic N) is 1. The van der Waals surface area contributed by atoms with Crippen LogP contribution in [0.5, 0.6) is 0 Å². The first-order chi connectivity index (χ1) is 11.3. The van der Waals surface area contributed by atoms with Crippen molar-refractivity contribution in [3.63, 3.8) is 0 Å². The second kappa shape index (κ2) is 7.49. The molecule has 3 rings (SSSR count). The van der Waals surface area contributed by atoms with Gasteiger partial charge in [0.05, 0.1) is 12.6 Å². The molecule has 23 heavy (non-hydrogen) atoms. The average molecular weight is 330 g/mol. The van der Waals surface area contributed by atoms with E-state index in [1.54, 1.807) is 0 Å². The number of halogens is 1. The third kappa shape index (κ3) is 3.84. The molecule has 5 heteroatoms. The predicted molar refractivity (Wildman–Crippen MR) is 93.7 cm³/mol. The molecule has 1 amide bonds. The molecule has 0 aromatic heterocycles. The van der Waals surface area contributed by atoms with E-state index in [-0.39, 0.29) is 18.5 Å². The molecule has 2 N–H and O–H groups in total. The minimum Gasteiger partial charge on any atom is -0.376 e. The summed E-state index contributed by atoms with van der Waals surface area (Å²) in [4.78, 5) is 14.6. The topological polar surface area (TPSA) is 44.4 Å². The Morgan fingerprint density at radius 3 is 2.70 bits per heavy atom. The zero-order valence-electron chi connectivity index (χ0n) is 12.8. The molecular formula is C18H20ClN3O. The van der Waals surface area contributed by atoms with Crippen molar-refractivity contribution in [2.24, 2.45) is 0 Å². The standard InChI is InChI=1S/C18H20ClN3O/c19-16-9-5-4-8-15(16)17-12-20-10-11-22(17)18(23)13-21-14-6-2-1-3-7-14/h1-9,17,20-21H,10-13H2. The van der Waals surface area contributed by atoms with Crippen LogP contribution in [0.15, 0.2) is 54.6 Å². The van der Waals surface area contributed by atoms with Gasteiger partial charge in [0, 0.05) is 30.3 Å². The fraction of sp³-hybridized carbons (Fsp3) is 0.278. The molecule has 1 fully saturated rings. The number of piperazine rings is 1. The lowest BCUT2D eigenvalue weighted by Gasteiger charge is -2.37. The summed E-state index contributed by atoms with van der Waals surface area (Å²) in [6, 6.07) is 17.5. The van der Waals surface area contributed by atoms with Crippen LogP contribution < -0.4 is 10.6 Å². The Bertz CT molecular complexity index is 662. The van der Waals surface area contributed by atoms with Crippen molar-refractivity contribution >= 4 is 23.2 Å². The molecule has 1 saturated heterocycles. The lowest BCUT2D eigenvalue weighted by atomic mass is 10.0. The summed E-state index contributed by atoms with van der Waals surface area (Å²) in [5.74, 6) is 0.0836. The van der Waals surface area contributed by atoms with E-state index in [1.807, 2.05) is 59.5 Å². The largest absolute Gasteiger partial charge is 0.376 e. The highest BCUT2D eigenvalue weighted by molar-refractivity contribution is 6.31. The van der Waals surface area contributed by atoms with Gasteiger partial charge in [0.15, 0.2) is 0 Å². The molecule has 1 heterocycles. The van der Waals surface area contributed by atoms with Crippen LogP contribution in [0, 0.1) is 0 Å². The Hall–Kier alpha value is -2.04. The molecule has 0 aliphatic carbocycles. The highest BCUT2D eigenvalue weighted by atomic mass is 35.5. The molecule has 1 aliphatic rings. The number of nitrogens with one attached hydrogen (secondary N) is 2. The number of carbonyl (C=O) groups is 1. The van der Waals surface area contributed by atoms with Crippen molar-refractivity contribution in [3.05, 3.63) is 65.2 Å². The van der Waals surface area contributed by atoms with Crippen LogP contribution >= 0.6 is 11.6 Å². The molecule has 4 nitrogen and oxygen atoms in total. The van der Waals surface area contributed by atoms with E-state index < -0.39 is 0 Å². The van der Waals surface area contributed by atoms with Gasteiger partial charge in [-0.2, -0.15) is 0 Å². The smallest absolute Gasteiger partial charge is 0.242 e. The van der Waals surface area contributed by atoms with Crippen LogP contribution in [-0.2, 0) is 4.79 Å². The van der Waals surface area contributed by atoms with Crippen LogP contribution in [0.4, 0.5) is 5.69 Å². The molecule has 0 saturated carbocycles. The molecule has 0 spiro atoms. The van der Waals surface area contributed by atoms with Gasteiger partial charge < -0.3 is 15.5 Å². The third-order valence-electron chi connectivity index (χ3n) is 4.05. The van der Waals surface area contributed by atoms with E-state index in [1.165, 1.54) is 0 Å². The molecular weight excluding hydrogens is 310 g/mol. The van der Waals surface area contributed by atoms with Crippen LogP contribution in [0.2, 0.25) is 5.02 Å². The molecule has 2 aromatic rings. The highest BCUT2D eigenvalue weighted by Gasteiger charge is 2.28. The Morgan fingerprint density at radius 1 is 1.17 bits per heavy atom. The van der Waals surface area contributed by atoms with Gasteiger partial charge in [-0.3, -0.25) is 4.79 Å². The quantitative estimate of drug-likeness (QED) is 0.906. The molecule has 2 aromatic carbocycles. The van der Waals surface area contributed by atoms with Gasteiger partial charge in [0.25, 0.3) is 0 Å². The van der Waals surface area contributed by atoms with Gasteiger partial charge in [-0.25, -0.2) is 0 Å². The molecule has 0 bridgehead atoms. The zero-order chi connectivity index (χ0) is 16.1. The fourth-order valence-corrected chi connectivity index (χ4v) is 3.12. The number of benzene rings is 2. The summed E-state index contributed by atoms with van der Waals surface area (Å²) < 4.78 is 0. The minimum absolute atomic E-state index is 0.0254. The summed E-state index contributed by atoms with van der Waals surface area (Å²) in [5.41, 5.74) is 1.94. The van der Waals surface area contributed by atoms with Crippen molar-refractivity contribution in [1.29, 1.82) is 0 Å². The monoisotopic (exact) mass is 329 g/mol. The maximum absolute atomic E-state index is 12.7. The Balaban J connectivity index is 1.71. The van der Waals surface area contributed by atoms with Gasteiger partial charge in [0.2, 0.25) is 5.91 Å². The first-order valence-electron chi connectivity index (χ1n) is 7.79. The van der Waals surface area contributed by atoms with E-state index in [9.17, 15) is 4.79 Å². The SMILES string of the molecule is O=C(CNc1ccccc1)N1CCNCC1c1ccccc1Cl. The Kier molecular flexibility index (Phi) is 5.16. The fourth-order valence-electron chi connectivity index (χ4n) is 2.86. The number of anilines is 1. The summed E-state index contributed by atoms with van der Waals surface area (Å²) >= 11 is 6.32. The van der Waals surface area contributed by atoms with Crippen LogP contribution in [0.25, 0.3) is 0 Å². The summed E-state index contributed by atoms with van der Waals surface area (Å²) in [7, 11) is 0. The molecule has 1 unspecified atom stereocenters. The highest BCUT2D eigenvalue weighted by Crippen LogP contribution is 2.28. The van der Waals surface area contributed by atoms with Gasteiger partial charge in [0.1, 0.15) is 0 Å². The van der Waals surface area contributed by atoms with Crippen molar-refractivity contribution in [1.82, 2.24) is 10.2 Å². The first kappa shape index (κ1) is 15.8. The summed E-state index contributed by atoms with van der Waals surface area (Å²) in [6.45, 7) is 2.50. The number of para-hydroxylation sites is 1. The Labute approximate surface area is 141 Å². The zero-order valence-corrected chi connectivity index (χ0v) is 13.6. The first-order valence-corrected chi connectivity index (χ1v) is 8.17. The average Bonchev–Trinajstić information content (AvgIpc) is 2.61. The predicted octanol–water partition coefficient (Wildman–Crippen LogP) is 2.93. The van der Waals surface area contributed by atoms with Gasteiger partial charge >= 0.3 is 0 Å². The van der Waals surface area contributed by atoms with Crippen LogP contribution in [0.1, 0.15) is 11.6 Å². The number of amides is 1. The number of hydrogen-bond donors (Lipinski definition) is 2. The van der Waals surface area contributed by atoms with Crippen molar-refractivity contribution < 1.29 is 4.79 Å². The number of hydrogen-bond acceptors (Lipinski definition) is 3. The molecule has 0 radical (unpaired) electrons. The van der Waals surface area contributed by atoms with Crippen molar-refractivity contribution in [2.75, 3.05) is 31.5 Å². The molecule has 120 valence electrons. The van der Waals surface area contributed by atoms with E-state index in [2.05, 4.69) is 10.6 Å². The second-order valence-electron chi connectivity index (χ2n) is 5.55. The number of carbonyl (C=O) groups excluding carboxylic acids is 1. The van der Waals surface area contributed by atoms with E-state index in [0.717, 1.165) is 24.3 Å². The van der Waals surface area contributed by atoms with Crippen LogP contribution in [0.3, 0.4) is 0 Å². The normalized spacial score (nSPS) is 17.8. The van der Waals surface area contributed by atoms with Gasteiger partial charge in [-0.15, -0.1) is 0 Å². The summed E-state index contributed by atoms with van der Waals surface area (Å²) in [5, 5.41) is 7.23. The lowest BCUT2D eigenvalue weighted by Crippen LogP contribution is -2.50. The Morgan fingerprint density at radius 2 is 1.91 bits per heavy atom. The van der Waals surface area contributed by atoms with Crippen molar-refractivity contribution in [2.45, 2.75) is 6.04 Å². The van der Waals surface area contributed by atoms with Gasteiger partial charge in [-0.1, -0.05) is 48.0 Å². The maximum Gasteiger partial charge on any atom is 0.242 e. The molecule has 1 aliphatic heterocycles. The van der Waals surface area contributed by atoms with Crippen LogP contribution in [-0.4, -0.2) is 37.0 Å². The van der Waals surface area contributed by atoms with Crippen molar-refractivity contribution in [3.8, 4) is 0 Å². The van der Waals surface area contributed by atoms with E-state index in [4.69, 9.17) is 11.6 Å². The maximum atomic E-state index is 12.7. The third-order valence-corrected chi connectivity index (χ3v) is 4.39. The minimum atomic E-state index is -0.0254. The van der Waals surface area contributed by atoms with Gasteiger partial charge in [-0.05, 0) is 23.8 Å². The second-order valence-corrected chi connectivity index (χ2v) is 5.96. The number of rotatable bonds is 4. The van der Waals surface area contributed by atoms with E-state index in [0.29, 0.717) is 11.6 Å².